The van der Waals surface area contributed by atoms with Crippen LogP contribution in [0.15, 0.2) is 48.5 Å². The number of amides is 1. The fourth-order valence-electron chi connectivity index (χ4n) is 5.82. The van der Waals surface area contributed by atoms with E-state index in [-0.39, 0.29) is 17.7 Å². The third kappa shape index (κ3) is 5.04. The van der Waals surface area contributed by atoms with Gasteiger partial charge < -0.3 is 10.2 Å². The first kappa shape index (κ1) is 23.1. The molecule has 1 heterocycles. The van der Waals surface area contributed by atoms with Crippen molar-refractivity contribution in [3.63, 3.8) is 0 Å². The number of rotatable bonds is 7. The molecule has 5 nitrogen and oxygen atoms in total. The second-order valence-corrected chi connectivity index (χ2v) is 10.8. The van der Waals surface area contributed by atoms with Gasteiger partial charge in [0, 0.05) is 45.2 Å². The fraction of sp³-hybridized carbons (Fsp3) is 0.517. The third-order valence-electron chi connectivity index (χ3n) is 8.38. The maximum absolute atomic E-state index is 12.5. The van der Waals surface area contributed by atoms with Crippen molar-refractivity contribution in [1.82, 2.24) is 15.1 Å². The zero-order valence-corrected chi connectivity index (χ0v) is 20.3. The van der Waals surface area contributed by atoms with Gasteiger partial charge in [-0.25, -0.2) is 0 Å². The van der Waals surface area contributed by atoms with E-state index in [0.717, 1.165) is 56.7 Å². The van der Waals surface area contributed by atoms with Gasteiger partial charge in [0.1, 0.15) is 0 Å². The van der Waals surface area contributed by atoms with Crippen LogP contribution in [0, 0.1) is 22.7 Å². The largest absolute Gasteiger partial charge is 0.354 e. The summed E-state index contributed by atoms with van der Waals surface area (Å²) >= 11 is 0. The Morgan fingerprint density at radius 3 is 2.21 bits per heavy atom. The van der Waals surface area contributed by atoms with Gasteiger partial charge in [-0.05, 0) is 60.4 Å². The number of hydrogen-bond acceptors (Lipinski definition) is 4. The van der Waals surface area contributed by atoms with Gasteiger partial charge in [-0.1, -0.05) is 55.0 Å². The first-order valence-corrected chi connectivity index (χ1v) is 12.8. The minimum Gasteiger partial charge on any atom is -0.354 e. The molecule has 5 heteroatoms. The van der Waals surface area contributed by atoms with Crippen molar-refractivity contribution in [3.8, 4) is 17.2 Å². The van der Waals surface area contributed by atoms with Crippen LogP contribution in [0.5, 0.6) is 0 Å². The Balaban J connectivity index is 1.13. The molecule has 2 saturated carbocycles. The SMILES string of the molecule is CN1CCN(Cc2ccc(-c3ccc([C@H](C#N)CNC(=O)C4CC5(CCC5)C4)cc3)cc2)CC1. The average Bonchev–Trinajstić information content (AvgIpc) is 2.80. The van der Waals surface area contributed by atoms with Gasteiger partial charge in [0.25, 0.3) is 0 Å². The highest BCUT2D eigenvalue weighted by molar-refractivity contribution is 5.80. The van der Waals surface area contributed by atoms with E-state index in [9.17, 15) is 10.1 Å². The molecule has 3 fully saturated rings. The van der Waals surface area contributed by atoms with Crippen molar-refractivity contribution in [1.29, 1.82) is 5.26 Å². The number of carbonyl (C=O) groups is 1. The Bertz CT molecular complexity index is 1020. The van der Waals surface area contributed by atoms with E-state index in [1.54, 1.807) is 0 Å². The van der Waals surface area contributed by atoms with Crippen molar-refractivity contribution >= 4 is 5.91 Å². The summed E-state index contributed by atoms with van der Waals surface area (Å²) in [5.41, 5.74) is 5.14. The first-order chi connectivity index (χ1) is 16.5. The lowest BCUT2D eigenvalue weighted by atomic mass is 9.51. The van der Waals surface area contributed by atoms with E-state index in [1.807, 2.05) is 12.1 Å². The molecule has 2 aromatic carbocycles. The second kappa shape index (κ2) is 9.90. The summed E-state index contributed by atoms with van der Waals surface area (Å²) in [6, 6.07) is 19.4. The highest BCUT2D eigenvalue weighted by atomic mass is 16.1. The van der Waals surface area contributed by atoms with Crippen molar-refractivity contribution in [3.05, 3.63) is 59.7 Å². The van der Waals surface area contributed by atoms with Crippen molar-refractivity contribution in [2.75, 3.05) is 39.8 Å². The molecule has 0 radical (unpaired) electrons. The Morgan fingerprint density at radius 1 is 1.03 bits per heavy atom. The molecule has 2 aliphatic carbocycles. The smallest absolute Gasteiger partial charge is 0.223 e. The molecule has 1 aliphatic heterocycles. The molecule has 1 atom stereocenters. The molecular weight excluding hydrogens is 420 g/mol. The Morgan fingerprint density at radius 2 is 1.65 bits per heavy atom. The maximum atomic E-state index is 12.5. The fourth-order valence-corrected chi connectivity index (χ4v) is 5.82. The number of likely N-dealkylation sites (N-methyl/N-ethyl adjacent to an activating group) is 1. The summed E-state index contributed by atoms with van der Waals surface area (Å²) < 4.78 is 0. The highest BCUT2D eigenvalue weighted by Crippen LogP contribution is 2.58. The van der Waals surface area contributed by atoms with E-state index in [4.69, 9.17) is 0 Å². The zero-order valence-electron chi connectivity index (χ0n) is 20.3. The van der Waals surface area contributed by atoms with E-state index in [1.165, 1.54) is 30.4 Å². The van der Waals surface area contributed by atoms with Crippen LogP contribution >= 0.6 is 0 Å². The minimum absolute atomic E-state index is 0.131. The molecule has 1 N–H and O–H groups in total. The normalized spacial score (nSPS) is 21.3. The maximum Gasteiger partial charge on any atom is 0.223 e. The summed E-state index contributed by atoms with van der Waals surface area (Å²) in [5.74, 6) is -0.0333. The summed E-state index contributed by atoms with van der Waals surface area (Å²) in [6.07, 6.45) is 5.99. The lowest BCUT2D eigenvalue weighted by Gasteiger charge is -2.53. The Kier molecular flexibility index (Phi) is 6.72. The van der Waals surface area contributed by atoms with Gasteiger partial charge in [0.05, 0.1) is 12.0 Å². The number of hydrogen-bond donors (Lipinski definition) is 1. The van der Waals surface area contributed by atoms with Gasteiger partial charge in [-0.2, -0.15) is 5.26 Å². The molecule has 0 bridgehead atoms. The quantitative estimate of drug-likeness (QED) is 0.671. The van der Waals surface area contributed by atoms with Crippen LogP contribution in [0.25, 0.3) is 11.1 Å². The zero-order chi connectivity index (χ0) is 23.5. The molecule has 1 amide bonds. The Hall–Kier alpha value is -2.68. The van der Waals surface area contributed by atoms with Crippen molar-refractivity contribution in [2.45, 2.75) is 44.6 Å². The molecule has 1 saturated heterocycles. The van der Waals surface area contributed by atoms with Crippen LogP contribution in [-0.2, 0) is 11.3 Å². The van der Waals surface area contributed by atoms with Crippen LogP contribution in [0.1, 0.15) is 49.1 Å². The lowest BCUT2D eigenvalue weighted by molar-refractivity contribution is -0.136. The minimum atomic E-state index is -0.318. The predicted octanol–water partition coefficient (Wildman–Crippen LogP) is 4.40. The molecule has 0 unspecified atom stereocenters. The number of nitrogens with one attached hydrogen (secondary N) is 1. The molecular formula is C29H36N4O. The molecule has 5 rings (SSSR count). The molecule has 3 aliphatic rings. The second-order valence-electron chi connectivity index (χ2n) is 10.8. The highest BCUT2D eigenvalue weighted by Gasteiger charge is 2.50. The van der Waals surface area contributed by atoms with Crippen LogP contribution in [0.3, 0.4) is 0 Å². The monoisotopic (exact) mass is 456 g/mol. The van der Waals surface area contributed by atoms with Crippen LogP contribution in [0.2, 0.25) is 0 Å². The first-order valence-electron chi connectivity index (χ1n) is 12.8. The van der Waals surface area contributed by atoms with Crippen LogP contribution < -0.4 is 5.32 Å². The summed E-state index contributed by atoms with van der Waals surface area (Å²) in [5, 5.41) is 12.7. The number of carbonyl (C=O) groups excluding carboxylic acids is 1. The van der Waals surface area contributed by atoms with Gasteiger partial charge in [-0.3, -0.25) is 9.69 Å². The van der Waals surface area contributed by atoms with Gasteiger partial charge >= 0.3 is 0 Å². The molecule has 1 spiro atoms. The standard InChI is InChI=1S/C29H36N4O/c1-32-13-15-33(16-14-32)21-22-3-5-23(6-4-22)24-7-9-25(10-8-24)27(19-30)20-31-28(34)26-17-29(18-26)11-2-12-29/h3-10,26-27H,2,11-18,20-21H2,1H3,(H,31,34)/t27-/m1/s1. The van der Waals surface area contributed by atoms with Gasteiger partial charge in [0.15, 0.2) is 0 Å². The number of piperazine rings is 1. The molecule has 0 aromatic heterocycles. The van der Waals surface area contributed by atoms with E-state index < -0.39 is 0 Å². The van der Waals surface area contributed by atoms with Crippen molar-refractivity contribution in [2.24, 2.45) is 11.3 Å². The summed E-state index contributed by atoms with van der Waals surface area (Å²) in [4.78, 5) is 17.4. The third-order valence-corrected chi connectivity index (χ3v) is 8.38. The van der Waals surface area contributed by atoms with E-state index >= 15 is 0 Å². The topological polar surface area (TPSA) is 59.4 Å². The van der Waals surface area contributed by atoms with E-state index in [2.05, 4.69) is 64.6 Å². The molecule has 34 heavy (non-hydrogen) atoms. The number of benzene rings is 2. The summed E-state index contributed by atoms with van der Waals surface area (Å²) in [7, 11) is 2.19. The number of nitrogens with zero attached hydrogens (tertiary/aromatic N) is 3. The van der Waals surface area contributed by atoms with E-state index in [0.29, 0.717) is 12.0 Å². The van der Waals surface area contributed by atoms with Crippen LogP contribution in [0.4, 0.5) is 0 Å². The van der Waals surface area contributed by atoms with Gasteiger partial charge in [-0.15, -0.1) is 0 Å². The average molecular weight is 457 g/mol. The number of nitriles is 1. The molecule has 2 aromatic rings. The predicted molar refractivity (Wildman–Crippen MR) is 135 cm³/mol. The van der Waals surface area contributed by atoms with Crippen LogP contribution in [-0.4, -0.2) is 55.5 Å². The summed E-state index contributed by atoms with van der Waals surface area (Å²) in [6.45, 7) is 5.92. The van der Waals surface area contributed by atoms with Crippen molar-refractivity contribution < 1.29 is 4.79 Å². The Labute approximate surface area is 203 Å². The molecule has 178 valence electrons. The lowest BCUT2D eigenvalue weighted by Crippen LogP contribution is -2.49. The van der Waals surface area contributed by atoms with Gasteiger partial charge in [0.2, 0.25) is 5.91 Å².